The van der Waals surface area contributed by atoms with Crippen molar-refractivity contribution in [2.75, 3.05) is 19.0 Å². The lowest BCUT2D eigenvalue weighted by Gasteiger charge is -2.11. The second-order valence-electron chi connectivity index (χ2n) is 6.55. The standard InChI is InChI=1S/C22H24N4O2/c1-15-6-4-7-16(2)21(15)24-20-11-10-19(25-26-20)22(27)23-13-12-17-8-5-9-18(14-17)28-3/h4-11,14H,12-13H2,1-3H3,(H,23,27)(H,24,26). The molecule has 2 N–H and O–H groups in total. The molecule has 0 aliphatic rings. The third kappa shape index (κ3) is 4.85. The molecular weight excluding hydrogens is 352 g/mol. The van der Waals surface area contributed by atoms with Crippen LogP contribution < -0.4 is 15.4 Å². The summed E-state index contributed by atoms with van der Waals surface area (Å²) < 4.78 is 5.21. The molecule has 2 aromatic carbocycles. The van der Waals surface area contributed by atoms with E-state index in [0.29, 0.717) is 18.8 Å². The number of nitrogens with zero attached hydrogens (tertiary/aromatic N) is 2. The second-order valence-corrected chi connectivity index (χ2v) is 6.55. The van der Waals surface area contributed by atoms with Gasteiger partial charge in [-0.2, -0.15) is 0 Å². The Morgan fingerprint density at radius 3 is 2.43 bits per heavy atom. The lowest BCUT2D eigenvalue weighted by atomic mass is 10.1. The van der Waals surface area contributed by atoms with Gasteiger partial charge in [-0.3, -0.25) is 4.79 Å². The van der Waals surface area contributed by atoms with Gasteiger partial charge in [0.05, 0.1) is 7.11 Å². The van der Waals surface area contributed by atoms with Crippen LogP contribution in [0.4, 0.5) is 11.5 Å². The number of para-hydroxylation sites is 1. The molecule has 0 bridgehead atoms. The molecule has 0 fully saturated rings. The van der Waals surface area contributed by atoms with Crippen LogP contribution in [0.2, 0.25) is 0 Å². The zero-order valence-corrected chi connectivity index (χ0v) is 16.3. The van der Waals surface area contributed by atoms with Gasteiger partial charge in [0, 0.05) is 12.2 Å². The van der Waals surface area contributed by atoms with Crippen molar-refractivity contribution in [3.05, 3.63) is 77.0 Å². The molecule has 1 aromatic heterocycles. The fourth-order valence-electron chi connectivity index (χ4n) is 2.90. The Hall–Kier alpha value is -3.41. The van der Waals surface area contributed by atoms with E-state index in [0.717, 1.165) is 28.1 Å². The van der Waals surface area contributed by atoms with Crippen LogP contribution in [0.15, 0.2) is 54.6 Å². The molecule has 1 amide bonds. The van der Waals surface area contributed by atoms with Gasteiger partial charge in [0.1, 0.15) is 5.75 Å². The molecule has 0 unspecified atom stereocenters. The lowest BCUT2D eigenvalue weighted by Crippen LogP contribution is -2.26. The number of carbonyl (C=O) groups is 1. The third-order valence-corrected chi connectivity index (χ3v) is 4.46. The van der Waals surface area contributed by atoms with E-state index in [1.54, 1.807) is 19.2 Å². The summed E-state index contributed by atoms with van der Waals surface area (Å²) in [7, 11) is 1.64. The van der Waals surface area contributed by atoms with Crippen LogP contribution in [-0.2, 0) is 6.42 Å². The molecule has 0 aliphatic carbocycles. The van der Waals surface area contributed by atoms with E-state index in [1.165, 1.54) is 0 Å². The van der Waals surface area contributed by atoms with Crippen LogP contribution in [0.3, 0.4) is 0 Å². The van der Waals surface area contributed by atoms with Crippen LogP contribution in [-0.4, -0.2) is 29.8 Å². The van der Waals surface area contributed by atoms with Crippen molar-refractivity contribution in [1.29, 1.82) is 0 Å². The van der Waals surface area contributed by atoms with E-state index >= 15 is 0 Å². The summed E-state index contributed by atoms with van der Waals surface area (Å²) >= 11 is 0. The molecule has 0 aliphatic heterocycles. The fourth-order valence-corrected chi connectivity index (χ4v) is 2.90. The highest BCUT2D eigenvalue weighted by molar-refractivity contribution is 5.92. The van der Waals surface area contributed by atoms with Crippen molar-refractivity contribution >= 4 is 17.4 Å². The first kappa shape index (κ1) is 19.4. The number of anilines is 2. The Balaban J connectivity index is 1.56. The molecule has 144 valence electrons. The van der Waals surface area contributed by atoms with Crippen LogP contribution >= 0.6 is 0 Å². The van der Waals surface area contributed by atoms with Gasteiger partial charge in [0.25, 0.3) is 5.91 Å². The number of benzene rings is 2. The summed E-state index contributed by atoms with van der Waals surface area (Å²) in [6.45, 7) is 4.58. The molecule has 28 heavy (non-hydrogen) atoms. The molecule has 0 radical (unpaired) electrons. The van der Waals surface area contributed by atoms with E-state index in [1.807, 2.05) is 56.3 Å². The van der Waals surface area contributed by atoms with Crippen molar-refractivity contribution < 1.29 is 9.53 Å². The molecule has 6 heteroatoms. The van der Waals surface area contributed by atoms with Gasteiger partial charge in [0.15, 0.2) is 11.5 Å². The van der Waals surface area contributed by atoms with Crippen LogP contribution in [0.25, 0.3) is 0 Å². The molecule has 6 nitrogen and oxygen atoms in total. The Bertz CT molecular complexity index is 935. The molecule has 0 spiro atoms. The van der Waals surface area contributed by atoms with E-state index in [4.69, 9.17) is 4.74 Å². The number of ether oxygens (including phenoxy) is 1. The van der Waals surface area contributed by atoms with Crippen molar-refractivity contribution in [2.24, 2.45) is 0 Å². The van der Waals surface area contributed by atoms with Crippen LogP contribution in [0.1, 0.15) is 27.2 Å². The van der Waals surface area contributed by atoms with Crippen LogP contribution in [0.5, 0.6) is 5.75 Å². The number of amides is 1. The molecule has 0 saturated heterocycles. The quantitative estimate of drug-likeness (QED) is 0.656. The first-order valence-electron chi connectivity index (χ1n) is 9.15. The third-order valence-electron chi connectivity index (χ3n) is 4.46. The number of hydrogen-bond acceptors (Lipinski definition) is 5. The number of hydrogen-bond donors (Lipinski definition) is 2. The SMILES string of the molecule is COc1cccc(CCNC(=O)c2ccc(Nc3c(C)cccc3C)nn2)c1. The summed E-state index contributed by atoms with van der Waals surface area (Å²) in [5, 5.41) is 14.3. The number of aryl methyl sites for hydroxylation is 2. The highest BCUT2D eigenvalue weighted by Crippen LogP contribution is 2.22. The number of aromatic nitrogens is 2. The molecule has 0 saturated carbocycles. The normalized spacial score (nSPS) is 10.4. The summed E-state index contributed by atoms with van der Waals surface area (Å²) in [5.41, 5.74) is 4.64. The molecule has 0 atom stereocenters. The minimum absolute atomic E-state index is 0.242. The maximum Gasteiger partial charge on any atom is 0.271 e. The lowest BCUT2D eigenvalue weighted by molar-refractivity contribution is 0.0948. The summed E-state index contributed by atoms with van der Waals surface area (Å²) in [6.07, 6.45) is 0.711. The van der Waals surface area contributed by atoms with Crippen molar-refractivity contribution in [2.45, 2.75) is 20.3 Å². The van der Waals surface area contributed by atoms with Gasteiger partial charge in [0.2, 0.25) is 0 Å². The maximum atomic E-state index is 12.3. The predicted molar refractivity (Wildman–Crippen MR) is 110 cm³/mol. The Morgan fingerprint density at radius 2 is 1.75 bits per heavy atom. The second kappa shape index (κ2) is 8.99. The van der Waals surface area contributed by atoms with Crippen LogP contribution in [0, 0.1) is 13.8 Å². The highest BCUT2D eigenvalue weighted by Gasteiger charge is 2.09. The first-order valence-corrected chi connectivity index (χ1v) is 9.15. The molecule has 1 heterocycles. The number of methoxy groups -OCH3 is 1. The molecular formula is C22H24N4O2. The van der Waals surface area contributed by atoms with E-state index in [-0.39, 0.29) is 11.6 Å². The van der Waals surface area contributed by atoms with Gasteiger partial charge in [-0.15, -0.1) is 10.2 Å². The average Bonchev–Trinajstić information content (AvgIpc) is 2.71. The predicted octanol–water partition coefficient (Wildman–Crippen LogP) is 3.82. The van der Waals surface area contributed by atoms with E-state index in [2.05, 4.69) is 20.8 Å². The van der Waals surface area contributed by atoms with Crippen molar-refractivity contribution in [3.8, 4) is 5.75 Å². The zero-order valence-electron chi connectivity index (χ0n) is 16.3. The van der Waals surface area contributed by atoms with E-state index in [9.17, 15) is 4.79 Å². The minimum atomic E-state index is -0.242. The number of rotatable bonds is 7. The van der Waals surface area contributed by atoms with Crippen molar-refractivity contribution in [3.63, 3.8) is 0 Å². The van der Waals surface area contributed by atoms with Crippen molar-refractivity contribution in [1.82, 2.24) is 15.5 Å². The molecule has 3 rings (SSSR count). The summed E-state index contributed by atoms with van der Waals surface area (Å²) in [4.78, 5) is 12.3. The highest BCUT2D eigenvalue weighted by atomic mass is 16.5. The maximum absolute atomic E-state index is 12.3. The Morgan fingerprint density at radius 1 is 1.00 bits per heavy atom. The smallest absolute Gasteiger partial charge is 0.271 e. The summed E-state index contributed by atoms with van der Waals surface area (Å²) in [6, 6.07) is 17.3. The monoisotopic (exact) mass is 376 g/mol. The Labute approximate surface area is 165 Å². The molecule has 3 aromatic rings. The topological polar surface area (TPSA) is 76.1 Å². The number of nitrogens with one attached hydrogen (secondary N) is 2. The first-order chi connectivity index (χ1) is 13.6. The minimum Gasteiger partial charge on any atom is -0.497 e. The van der Waals surface area contributed by atoms with Gasteiger partial charge in [-0.1, -0.05) is 30.3 Å². The zero-order chi connectivity index (χ0) is 19.9. The van der Waals surface area contributed by atoms with E-state index < -0.39 is 0 Å². The Kier molecular flexibility index (Phi) is 6.22. The number of carbonyl (C=O) groups excluding carboxylic acids is 1. The van der Waals surface area contributed by atoms with Gasteiger partial charge >= 0.3 is 0 Å². The summed E-state index contributed by atoms with van der Waals surface area (Å²) in [5.74, 6) is 1.17. The van der Waals surface area contributed by atoms with Gasteiger partial charge in [-0.25, -0.2) is 0 Å². The van der Waals surface area contributed by atoms with Gasteiger partial charge in [-0.05, 0) is 61.2 Å². The average molecular weight is 376 g/mol. The van der Waals surface area contributed by atoms with Gasteiger partial charge < -0.3 is 15.4 Å². The fraction of sp³-hybridized carbons (Fsp3) is 0.227. The largest absolute Gasteiger partial charge is 0.497 e.